The fraction of sp³-hybridized carbons (Fsp3) is 1.00. The first kappa shape index (κ1) is 8.06. The molecule has 2 atom stereocenters. The number of likely N-dealkylation sites (tertiary alicyclic amines) is 1. The molecule has 0 amide bonds. The van der Waals surface area contributed by atoms with Crippen LogP contribution in [0.15, 0.2) is 0 Å². The summed E-state index contributed by atoms with van der Waals surface area (Å²) in [6, 6.07) is 0. The normalized spacial score (nSPS) is 43.8. The molecule has 0 aromatic rings. The molecule has 1 aliphatic heterocycles. The molecular formula is C9H19N. The summed E-state index contributed by atoms with van der Waals surface area (Å²) in [6.45, 7) is 9.11. The van der Waals surface area contributed by atoms with E-state index in [1.165, 1.54) is 19.5 Å². The van der Waals surface area contributed by atoms with Crippen molar-refractivity contribution in [1.29, 1.82) is 0 Å². The van der Waals surface area contributed by atoms with Gasteiger partial charge in [0.1, 0.15) is 0 Å². The monoisotopic (exact) mass is 141 g/mol. The Labute approximate surface area is 64.4 Å². The van der Waals surface area contributed by atoms with Crippen LogP contribution in [-0.4, -0.2) is 25.0 Å². The quantitative estimate of drug-likeness (QED) is 0.498. The number of hydrogen-bond acceptors (Lipinski definition) is 1. The molecule has 1 saturated heterocycles. The Hall–Kier alpha value is -0.0400. The smallest absolute Gasteiger partial charge is 0.00356 e. The Bertz CT molecular complexity index is 122. The van der Waals surface area contributed by atoms with Crippen LogP contribution in [0.2, 0.25) is 0 Å². The third-order valence-electron chi connectivity index (χ3n) is 2.70. The Balaban J connectivity index is 0.000000231. The summed E-state index contributed by atoms with van der Waals surface area (Å²) in [7, 11) is 2.22. The molecule has 2 rings (SSSR count). The summed E-state index contributed by atoms with van der Waals surface area (Å²) in [5.41, 5.74) is 0.759. The maximum atomic E-state index is 2.44. The summed E-state index contributed by atoms with van der Waals surface area (Å²) in [5.74, 6) is 1.06. The van der Waals surface area contributed by atoms with Crippen LogP contribution in [0.1, 0.15) is 27.2 Å². The second-order valence-corrected chi connectivity index (χ2v) is 3.75. The van der Waals surface area contributed by atoms with Gasteiger partial charge in [0.25, 0.3) is 0 Å². The van der Waals surface area contributed by atoms with E-state index in [2.05, 4.69) is 18.9 Å². The molecule has 1 saturated carbocycles. The van der Waals surface area contributed by atoms with E-state index in [1.807, 2.05) is 13.8 Å². The average Bonchev–Trinajstić information content (AvgIpc) is 2.38. The molecule has 2 fully saturated rings. The van der Waals surface area contributed by atoms with E-state index in [-0.39, 0.29) is 0 Å². The summed E-state index contributed by atoms with van der Waals surface area (Å²) >= 11 is 0. The van der Waals surface area contributed by atoms with Gasteiger partial charge in [0, 0.05) is 13.1 Å². The van der Waals surface area contributed by atoms with E-state index >= 15 is 0 Å². The first-order valence-electron chi connectivity index (χ1n) is 4.39. The van der Waals surface area contributed by atoms with Crippen molar-refractivity contribution >= 4 is 0 Å². The predicted molar refractivity (Wildman–Crippen MR) is 45.1 cm³/mol. The summed E-state index contributed by atoms with van der Waals surface area (Å²) < 4.78 is 0. The van der Waals surface area contributed by atoms with E-state index in [0.29, 0.717) is 0 Å². The van der Waals surface area contributed by atoms with Crippen LogP contribution < -0.4 is 0 Å². The third-order valence-corrected chi connectivity index (χ3v) is 2.70. The van der Waals surface area contributed by atoms with Crippen LogP contribution in [-0.2, 0) is 0 Å². The van der Waals surface area contributed by atoms with Crippen LogP contribution in [0, 0.1) is 11.3 Å². The molecule has 10 heavy (non-hydrogen) atoms. The number of piperidine rings is 1. The lowest BCUT2D eigenvalue weighted by Gasteiger charge is -2.10. The first-order valence-corrected chi connectivity index (χ1v) is 4.39. The molecule has 0 aromatic heterocycles. The van der Waals surface area contributed by atoms with Crippen molar-refractivity contribution < 1.29 is 0 Å². The van der Waals surface area contributed by atoms with Gasteiger partial charge >= 0.3 is 0 Å². The molecule has 0 bridgehead atoms. The topological polar surface area (TPSA) is 3.24 Å². The largest absolute Gasteiger partial charge is 0.306 e. The number of fused-ring (bicyclic) bond motifs is 1. The van der Waals surface area contributed by atoms with E-state index in [0.717, 1.165) is 11.3 Å². The zero-order valence-corrected chi connectivity index (χ0v) is 7.65. The van der Waals surface area contributed by atoms with Crippen molar-refractivity contribution in [3.05, 3.63) is 0 Å². The van der Waals surface area contributed by atoms with Gasteiger partial charge in [0.15, 0.2) is 0 Å². The average molecular weight is 141 g/mol. The fourth-order valence-electron chi connectivity index (χ4n) is 2.04. The number of nitrogens with zero attached hydrogens (tertiary/aromatic N) is 1. The molecule has 1 nitrogen and oxygen atoms in total. The summed E-state index contributed by atoms with van der Waals surface area (Å²) in [6.07, 6.45) is 1.50. The van der Waals surface area contributed by atoms with Crippen LogP contribution in [0.25, 0.3) is 0 Å². The number of hydrogen-bond donors (Lipinski definition) is 0. The highest BCUT2D eigenvalue weighted by molar-refractivity contribution is 5.06. The second-order valence-electron chi connectivity index (χ2n) is 3.75. The van der Waals surface area contributed by atoms with Gasteiger partial charge in [0.05, 0.1) is 0 Å². The van der Waals surface area contributed by atoms with Crippen LogP contribution >= 0.6 is 0 Å². The molecule has 0 aromatic carbocycles. The summed E-state index contributed by atoms with van der Waals surface area (Å²) in [4.78, 5) is 2.44. The van der Waals surface area contributed by atoms with Gasteiger partial charge in [-0.25, -0.2) is 0 Å². The second kappa shape index (κ2) is 2.54. The fourth-order valence-corrected chi connectivity index (χ4v) is 2.04. The Kier molecular flexibility index (Phi) is 2.04. The highest BCUT2D eigenvalue weighted by Gasteiger charge is 2.54. The molecule has 1 heterocycles. The lowest BCUT2D eigenvalue weighted by molar-refractivity contribution is 0.346. The van der Waals surface area contributed by atoms with Crippen LogP contribution in [0.5, 0.6) is 0 Å². The van der Waals surface area contributed by atoms with Crippen LogP contribution in [0.4, 0.5) is 0 Å². The summed E-state index contributed by atoms with van der Waals surface area (Å²) in [5, 5.41) is 0. The van der Waals surface area contributed by atoms with Crippen molar-refractivity contribution in [2.45, 2.75) is 27.2 Å². The molecule has 0 spiro atoms. The minimum Gasteiger partial charge on any atom is -0.306 e. The zero-order valence-electron chi connectivity index (χ0n) is 7.65. The highest BCUT2D eigenvalue weighted by Crippen LogP contribution is 2.56. The van der Waals surface area contributed by atoms with Crippen molar-refractivity contribution in [3.63, 3.8) is 0 Å². The van der Waals surface area contributed by atoms with Gasteiger partial charge in [-0.2, -0.15) is 0 Å². The van der Waals surface area contributed by atoms with Gasteiger partial charge in [-0.05, 0) is 24.8 Å². The minimum atomic E-state index is 0.759. The van der Waals surface area contributed by atoms with E-state index in [9.17, 15) is 0 Å². The van der Waals surface area contributed by atoms with Gasteiger partial charge in [-0.1, -0.05) is 20.8 Å². The zero-order chi connectivity index (χ0) is 7.78. The van der Waals surface area contributed by atoms with Crippen LogP contribution in [0.3, 0.4) is 0 Å². The Morgan fingerprint density at radius 2 is 2.00 bits per heavy atom. The Morgan fingerprint density at radius 3 is 2.20 bits per heavy atom. The third kappa shape index (κ3) is 1.20. The van der Waals surface area contributed by atoms with Crippen molar-refractivity contribution in [3.8, 4) is 0 Å². The van der Waals surface area contributed by atoms with E-state index in [4.69, 9.17) is 0 Å². The molecule has 2 unspecified atom stereocenters. The van der Waals surface area contributed by atoms with Gasteiger partial charge in [0.2, 0.25) is 0 Å². The predicted octanol–water partition coefficient (Wildman–Crippen LogP) is 1.98. The molecule has 0 radical (unpaired) electrons. The molecule has 60 valence electrons. The SMILES string of the molecule is CC.CN1CC2CC2(C)C1. The molecule has 0 N–H and O–H groups in total. The highest BCUT2D eigenvalue weighted by atomic mass is 15.2. The molecule has 2 aliphatic rings. The van der Waals surface area contributed by atoms with E-state index < -0.39 is 0 Å². The van der Waals surface area contributed by atoms with Gasteiger partial charge < -0.3 is 4.90 Å². The van der Waals surface area contributed by atoms with Gasteiger partial charge in [-0.3, -0.25) is 0 Å². The Morgan fingerprint density at radius 1 is 1.40 bits per heavy atom. The molecule has 1 aliphatic carbocycles. The lowest BCUT2D eigenvalue weighted by atomic mass is 10.1. The maximum Gasteiger partial charge on any atom is 0.00356 e. The van der Waals surface area contributed by atoms with Crippen molar-refractivity contribution in [1.82, 2.24) is 4.90 Å². The van der Waals surface area contributed by atoms with Crippen molar-refractivity contribution in [2.24, 2.45) is 11.3 Å². The number of rotatable bonds is 0. The lowest BCUT2D eigenvalue weighted by Crippen LogP contribution is -2.18. The van der Waals surface area contributed by atoms with Crippen molar-refractivity contribution in [2.75, 3.05) is 20.1 Å². The maximum absolute atomic E-state index is 2.44. The molecular weight excluding hydrogens is 122 g/mol. The molecule has 1 heteroatoms. The first-order chi connectivity index (χ1) is 4.71. The van der Waals surface area contributed by atoms with E-state index in [1.54, 1.807) is 0 Å². The minimum absolute atomic E-state index is 0.759. The van der Waals surface area contributed by atoms with Gasteiger partial charge in [-0.15, -0.1) is 0 Å². The standard InChI is InChI=1S/C7H13N.C2H6/c1-7-3-6(7)4-8(2)5-7;1-2/h6H,3-5H2,1-2H3;1-2H3.